The molecule has 0 aliphatic rings. The lowest BCUT2D eigenvalue weighted by molar-refractivity contribution is 0.0526. The van der Waals surface area contributed by atoms with Crippen molar-refractivity contribution in [1.82, 2.24) is 4.98 Å². The molecule has 0 amide bonds. The molecule has 0 radical (unpaired) electrons. The summed E-state index contributed by atoms with van der Waals surface area (Å²) in [6.07, 6.45) is 1.55. The van der Waals surface area contributed by atoms with Crippen molar-refractivity contribution in [3.8, 4) is 0 Å². The molecule has 0 saturated carbocycles. The Morgan fingerprint density at radius 3 is 3.29 bits per heavy atom. The Morgan fingerprint density at radius 2 is 2.50 bits per heavy atom. The number of rotatable bonds is 2. The Balaban J connectivity index is 2.38. The monoisotopic (exact) mass is 207 g/mol. The van der Waals surface area contributed by atoms with Crippen LogP contribution in [0.25, 0.3) is 10.2 Å². The first-order chi connectivity index (χ1) is 6.81. The van der Waals surface area contributed by atoms with Crippen LogP contribution in [0.3, 0.4) is 0 Å². The molecular weight excluding hydrogens is 198 g/mol. The summed E-state index contributed by atoms with van der Waals surface area (Å²) in [5.41, 5.74) is 1.44. The molecule has 0 bridgehead atoms. The fourth-order valence-corrected chi connectivity index (χ4v) is 1.95. The Morgan fingerprint density at radius 1 is 1.64 bits per heavy atom. The van der Waals surface area contributed by atoms with Crippen LogP contribution in [0.5, 0.6) is 0 Å². The van der Waals surface area contributed by atoms with Crippen LogP contribution in [0, 0.1) is 0 Å². The molecule has 3 nitrogen and oxygen atoms in total. The molecule has 0 unspecified atom stereocenters. The first kappa shape index (κ1) is 9.15. The van der Waals surface area contributed by atoms with E-state index in [0.29, 0.717) is 12.2 Å². The molecular formula is C10H9NO2S. The Bertz CT molecular complexity index is 464. The van der Waals surface area contributed by atoms with Gasteiger partial charge in [0.15, 0.2) is 0 Å². The highest BCUT2D eigenvalue weighted by molar-refractivity contribution is 7.17. The Kier molecular flexibility index (Phi) is 2.45. The summed E-state index contributed by atoms with van der Waals surface area (Å²) < 4.78 is 5.89. The first-order valence-electron chi connectivity index (χ1n) is 4.31. The van der Waals surface area contributed by atoms with E-state index in [-0.39, 0.29) is 5.97 Å². The van der Waals surface area contributed by atoms with Gasteiger partial charge in [0.1, 0.15) is 0 Å². The zero-order chi connectivity index (χ0) is 9.97. The van der Waals surface area contributed by atoms with Crippen molar-refractivity contribution in [2.75, 3.05) is 6.61 Å². The molecule has 0 aliphatic carbocycles. The topological polar surface area (TPSA) is 39.2 Å². The molecule has 0 fully saturated rings. The molecule has 0 N–H and O–H groups in total. The number of thiophene rings is 1. The van der Waals surface area contributed by atoms with Crippen molar-refractivity contribution in [2.24, 2.45) is 0 Å². The van der Waals surface area contributed by atoms with Crippen LogP contribution in [-0.4, -0.2) is 17.6 Å². The molecule has 72 valence electrons. The third-order valence-electron chi connectivity index (χ3n) is 1.81. The van der Waals surface area contributed by atoms with Crippen LogP contribution < -0.4 is 0 Å². The lowest BCUT2D eigenvalue weighted by Crippen LogP contribution is -2.04. The molecule has 4 heteroatoms. The average Bonchev–Trinajstić information content (AvgIpc) is 2.64. The first-order valence-corrected chi connectivity index (χ1v) is 5.19. The van der Waals surface area contributed by atoms with Gasteiger partial charge in [0.25, 0.3) is 0 Å². The van der Waals surface area contributed by atoms with Crippen LogP contribution in [0.15, 0.2) is 23.7 Å². The summed E-state index contributed by atoms with van der Waals surface area (Å²) in [4.78, 5) is 15.5. The summed E-state index contributed by atoms with van der Waals surface area (Å²) in [6.45, 7) is 2.18. The second kappa shape index (κ2) is 3.75. The van der Waals surface area contributed by atoms with Crippen LogP contribution in [0.2, 0.25) is 0 Å². The van der Waals surface area contributed by atoms with E-state index in [2.05, 4.69) is 4.98 Å². The summed E-state index contributed by atoms with van der Waals surface area (Å²) in [5.74, 6) is -0.310. The van der Waals surface area contributed by atoms with Crippen molar-refractivity contribution in [1.29, 1.82) is 0 Å². The standard InChI is InChI=1S/C10H9NO2S/c1-2-13-10(12)7-5-9-8(11-6-7)3-4-14-9/h3-6H,2H2,1H3. The predicted octanol–water partition coefficient (Wildman–Crippen LogP) is 2.47. The summed E-state index contributed by atoms with van der Waals surface area (Å²) >= 11 is 1.57. The molecule has 2 rings (SSSR count). The van der Waals surface area contributed by atoms with E-state index in [0.717, 1.165) is 10.2 Å². The van der Waals surface area contributed by atoms with E-state index >= 15 is 0 Å². The molecule has 0 saturated heterocycles. The van der Waals surface area contributed by atoms with E-state index in [4.69, 9.17) is 4.74 Å². The number of aromatic nitrogens is 1. The second-order valence-electron chi connectivity index (χ2n) is 2.75. The maximum absolute atomic E-state index is 11.4. The van der Waals surface area contributed by atoms with Gasteiger partial charge in [-0.15, -0.1) is 11.3 Å². The normalized spacial score (nSPS) is 10.4. The predicted molar refractivity (Wildman–Crippen MR) is 55.6 cm³/mol. The largest absolute Gasteiger partial charge is 0.462 e. The number of ether oxygens (including phenoxy) is 1. The van der Waals surface area contributed by atoms with Gasteiger partial charge >= 0.3 is 5.97 Å². The van der Waals surface area contributed by atoms with E-state index in [1.165, 1.54) is 0 Å². The van der Waals surface area contributed by atoms with Crippen molar-refractivity contribution >= 4 is 27.5 Å². The Labute approximate surface area is 85.3 Å². The number of nitrogens with zero attached hydrogens (tertiary/aromatic N) is 1. The Hall–Kier alpha value is -1.42. The second-order valence-corrected chi connectivity index (χ2v) is 3.70. The minimum absolute atomic E-state index is 0.310. The van der Waals surface area contributed by atoms with Crippen molar-refractivity contribution in [3.05, 3.63) is 29.3 Å². The summed E-state index contributed by atoms with van der Waals surface area (Å²) in [5, 5.41) is 1.95. The lowest BCUT2D eigenvalue weighted by atomic mass is 10.3. The SMILES string of the molecule is CCOC(=O)c1cnc2ccsc2c1. The van der Waals surface area contributed by atoms with Gasteiger partial charge in [-0.3, -0.25) is 4.98 Å². The lowest BCUT2D eigenvalue weighted by Gasteiger charge is -2.00. The zero-order valence-electron chi connectivity index (χ0n) is 7.69. The van der Waals surface area contributed by atoms with E-state index in [1.54, 1.807) is 24.5 Å². The molecule has 0 spiro atoms. The van der Waals surface area contributed by atoms with Crippen LogP contribution in [0.4, 0.5) is 0 Å². The van der Waals surface area contributed by atoms with Gasteiger partial charge in [-0.25, -0.2) is 4.79 Å². The average molecular weight is 207 g/mol. The zero-order valence-corrected chi connectivity index (χ0v) is 8.50. The number of carbonyl (C=O) groups is 1. The van der Waals surface area contributed by atoms with Gasteiger partial charge in [-0.2, -0.15) is 0 Å². The maximum atomic E-state index is 11.4. The molecule has 2 aromatic heterocycles. The minimum Gasteiger partial charge on any atom is -0.462 e. The summed E-state index contributed by atoms with van der Waals surface area (Å²) in [6, 6.07) is 3.74. The number of hydrogen-bond acceptors (Lipinski definition) is 4. The highest BCUT2D eigenvalue weighted by atomic mass is 32.1. The van der Waals surface area contributed by atoms with Crippen molar-refractivity contribution < 1.29 is 9.53 Å². The molecule has 14 heavy (non-hydrogen) atoms. The molecule has 0 aromatic carbocycles. The van der Waals surface area contributed by atoms with Crippen LogP contribution in [0.1, 0.15) is 17.3 Å². The van der Waals surface area contributed by atoms with Crippen molar-refractivity contribution in [3.63, 3.8) is 0 Å². The minimum atomic E-state index is -0.310. The highest BCUT2D eigenvalue weighted by Crippen LogP contribution is 2.19. The molecule has 2 aromatic rings. The van der Waals surface area contributed by atoms with Gasteiger partial charge in [-0.1, -0.05) is 0 Å². The van der Waals surface area contributed by atoms with Gasteiger partial charge in [0.05, 0.1) is 22.4 Å². The molecule has 0 aliphatic heterocycles. The van der Waals surface area contributed by atoms with Crippen LogP contribution in [-0.2, 0) is 4.74 Å². The smallest absolute Gasteiger partial charge is 0.339 e. The van der Waals surface area contributed by atoms with Crippen molar-refractivity contribution in [2.45, 2.75) is 6.92 Å². The van der Waals surface area contributed by atoms with Gasteiger partial charge in [0.2, 0.25) is 0 Å². The number of fused-ring (bicyclic) bond motifs is 1. The van der Waals surface area contributed by atoms with E-state index in [9.17, 15) is 4.79 Å². The third-order valence-corrected chi connectivity index (χ3v) is 2.67. The molecule has 0 atom stereocenters. The van der Waals surface area contributed by atoms with Gasteiger partial charge in [0, 0.05) is 6.20 Å². The van der Waals surface area contributed by atoms with Gasteiger partial charge < -0.3 is 4.74 Å². The third kappa shape index (κ3) is 1.61. The van der Waals surface area contributed by atoms with Crippen LogP contribution >= 0.6 is 11.3 Å². The fraction of sp³-hybridized carbons (Fsp3) is 0.200. The van der Waals surface area contributed by atoms with E-state index < -0.39 is 0 Å². The quantitative estimate of drug-likeness (QED) is 0.710. The number of pyridine rings is 1. The fourth-order valence-electron chi connectivity index (χ4n) is 1.17. The maximum Gasteiger partial charge on any atom is 0.339 e. The highest BCUT2D eigenvalue weighted by Gasteiger charge is 2.07. The van der Waals surface area contributed by atoms with E-state index in [1.807, 2.05) is 17.5 Å². The number of carbonyl (C=O) groups excluding carboxylic acids is 1. The number of esters is 1. The number of hydrogen-bond donors (Lipinski definition) is 0. The summed E-state index contributed by atoms with van der Waals surface area (Å²) in [7, 11) is 0. The van der Waals surface area contributed by atoms with Gasteiger partial charge in [-0.05, 0) is 24.4 Å². The molecule has 2 heterocycles.